The van der Waals surface area contributed by atoms with Gasteiger partial charge in [0.1, 0.15) is 6.04 Å². The van der Waals surface area contributed by atoms with Crippen LogP contribution in [0.15, 0.2) is 0 Å². The van der Waals surface area contributed by atoms with E-state index in [9.17, 15) is 9.59 Å². The third kappa shape index (κ3) is 2.81. The Bertz CT molecular complexity index is 272. The second kappa shape index (κ2) is 5.98. The molecule has 0 bridgehead atoms. The van der Waals surface area contributed by atoms with Gasteiger partial charge < -0.3 is 9.84 Å². The highest BCUT2D eigenvalue weighted by molar-refractivity contribution is 8.00. The monoisotopic (exact) mass is 247 g/mol. The predicted octanol–water partition coefficient (Wildman–Crippen LogP) is 1.77. The minimum Gasteiger partial charge on any atom is -0.480 e. The fraction of sp³-hybridized carbons (Fsp3) is 0.800. The lowest BCUT2D eigenvalue weighted by Crippen LogP contribution is -2.45. The van der Waals surface area contributed by atoms with Crippen LogP contribution in [0.3, 0.4) is 0 Å². The number of amides is 1. The summed E-state index contributed by atoms with van der Waals surface area (Å²) in [7, 11) is 0. The SMILES string of the molecule is CCCC1SCC(C(=O)O)N1C(=O)OCC. The van der Waals surface area contributed by atoms with Crippen LogP contribution in [0.1, 0.15) is 26.7 Å². The van der Waals surface area contributed by atoms with Crippen molar-refractivity contribution in [3.05, 3.63) is 0 Å². The number of aliphatic carboxylic acids is 1. The first-order valence-electron chi connectivity index (χ1n) is 5.41. The first kappa shape index (κ1) is 13.2. The average Bonchev–Trinajstić information content (AvgIpc) is 2.62. The standard InChI is InChI=1S/C10H17NO4S/c1-3-5-8-11(10(14)15-4-2)7(6-16-8)9(12)13/h7-8H,3-6H2,1-2H3,(H,12,13). The molecule has 1 rings (SSSR count). The number of hydrogen-bond donors (Lipinski definition) is 1. The molecule has 92 valence electrons. The van der Waals surface area contributed by atoms with E-state index in [1.165, 1.54) is 16.7 Å². The van der Waals surface area contributed by atoms with Crippen LogP contribution in [0.25, 0.3) is 0 Å². The van der Waals surface area contributed by atoms with Crippen LogP contribution in [0.2, 0.25) is 0 Å². The molecule has 0 saturated carbocycles. The van der Waals surface area contributed by atoms with Crippen molar-refractivity contribution < 1.29 is 19.4 Å². The van der Waals surface area contributed by atoms with E-state index in [0.29, 0.717) is 5.75 Å². The Morgan fingerprint density at radius 3 is 2.69 bits per heavy atom. The number of carboxylic acids is 1. The predicted molar refractivity (Wildman–Crippen MR) is 61.4 cm³/mol. The zero-order valence-electron chi connectivity index (χ0n) is 9.51. The lowest BCUT2D eigenvalue weighted by molar-refractivity contribution is -0.141. The van der Waals surface area contributed by atoms with E-state index in [1.807, 2.05) is 6.92 Å². The van der Waals surface area contributed by atoms with Crippen LogP contribution in [0.5, 0.6) is 0 Å². The summed E-state index contributed by atoms with van der Waals surface area (Å²) < 4.78 is 4.89. The molecule has 1 fully saturated rings. The molecule has 0 aromatic carbocycles. The van der Waals surface area contributed by atoms with E-state index in [1.54, 1.807) is 6.92 Å². The maximum atomic E-state index is 11.7. The lowest BCUT2D eigenvalue weighted by atomic mass is 10.2. The quantitative estimate of drug-likeness (QED) is 0.820. The van der Waals surface area contributed by atoms with Gasteiger partial charge in [-0.2, -0.15) is 0 Å². The fourth-order valence-electron chi connectivity index (χ4n) is 1.67. The summed E-state index contributed by atoms with van der Waals surface area (Å²) in [4.78, 5) is 24.0. The Hall–Kier alpha value is -0.910. The van der Waals surface area contributed by atoms with E-state index in [2.05, 4.69) is 0 Å². The van der Waals surface area contributed by atoms with Crippen LogP contribution < -0.4 is 0 Å². The van der Waals surface area contributed by atoms with Gasteiger partial charge in [0.05, 0.1) is 12.0 Å². The summed E-state index contributed by atoms with van der Waals surface area (Å²) in [6.45, 7) is 3.99. The summed E-state index contributed by atoms with van der Waals surface area (Å²) in [6, 6.07) is -0.749. The van der Waals surface area contributed by atoms with Crippen molar-refractivity contribution >= 4 is 23.8 Å². The molecule has 16 heavy (non-hydrogen) atoms. The number of thioether (sulfide) groups is 1. The molecule has 0 spiro atoms. The van der Waals surface area contributed by atoms with Crippen LogP contribution in [-0.4, -0.2) is 45.8 Å². The molecule has 1 saturated heterocycles. The molecule has 6 heteroatoms. The fourth-order valence-corrected chi connectivity index (χ4v) is 3.17. The number of rotatable bonds is 4. The third-order valence-corrected chi connectivity index (χ3v) is 3.75. The van der Waals surface area contributed by atoms with E-state index in [4.69, 9.17) is 9.84 Å². The highest BCUT2D eigenvalue weighted by atomic mass is 32.2. The molecule has 5 nitrogen and oxygen atoms in total. The molecule has 1 N–H and O–H groups in total. The number of carbonyl (C=O) groups is 2. The third-order valence-electron chi connectivity index (χ3n) is 2.39. The molecule has 1 amide bonds. The molecule has 2 unspecified atom stereocenters. The zero-order chi connectivity index (χ0) is 12.1. The topological polar surface area (TPSA) is 66.8 Å². The summed E-state index contributed by atoms with van der Waals surface area (Å²) in [5.41, 5.74) is 0. The number of ether oxygens (including phenoxy) is 1. The summed E-state index contributed by atoms with van der Waals surface area (Å²) in [6.07, 6.45) is 1.20. The van der Waals surface area contributed by atoms with Crippen LogP contribution in [0.4, 0.5) is 4.79 Å². The minimum atomic E-state index is -0.959. The average molecular weight is 247 g/mol. The van der Waals surface area contributed by atoms with Gasteiger partial charge in [-0.05, 0) is 13.3 Å². The van der Waals surface area contributed by atoms with Gasteiger partial charge in [0, 0.05) is 5.75 Å². The van der Waals surface area contributed by atoms with Gasteiger partial charge in [-0.15, -0.1) is 11.8 Å². The van der Waals surface area contributed by atoms with Gasteiger partial charge in [0.15, 0.2) is 0 Å². The Labute approximate surface area is 99.1 Å². The molecule has 0 radical (unpaired) electrons. The number of carboxylic acid groups (broad SMARTS) is 1. The molecule has 0 aromatic heterocycles. The molecule has 0 aromatic rings. The van der Waals surface area contributed by atoms with Crippen molar-refractivity contribution in [2.24, 2.45) is 0 Å². The second-order valence-electron chi connectivity index (χ2n) is 3.54. The van der Waals surface area contributed by atoms with Gasteiger partial charge in [-0.1, -0.05) is 13.3 Å². The Morgan fingerprint density at radius 2 is 2.19 bits per heavy atom. The van der Waals surface area contributed by atoms with Crippen molar-refractivity contribution in [3.8, 4) is 0 Å². The highest BCUT2D eigenvalue weighted by Gasteiger charge is 2.41. The molecule has 2 atom stereocenters. The first-order valence-corrected chi connectivity index (χ1v) is 6.46. The van der Waals surface area contributed by atoms with Crippen molar-refractivity contribution in [2.75, 3.05) is 12.4 Å². The van der Waals surface area contributed by atoms with Crippen LogP contribution in [0, 0.1) is 0 Å². The summed E-state index contributed by atoms with van der Waals surface area (Å²) >= 11 is 1.51. The number of nitrogens with zero attached hydrogens (tertiary/aromatic N) is 1. The number of hydrogen-bond acceptors (Lipinski definition) is 4. The van der Waals surface area contributed by atoms with Gasteiger partial charge >= 0.3 is 12.1 Å². The molecular formula is C10H17NO4S. The van der Waals surface area contributed by atoms with Gasteiger partial charge in [0.25, 0.3) is 0 Å². The molecule has 0 aliphatic carbocycles. The van der Waals surface area contributed by atoms with Crippen molar-refractivity contribution in [1.82, 2.24) is 4.90 Å². The van der Waals surface area contributed by atoms with E-state index < -0.39 is 18.1 Å². The minimum absolute atomic E-state index is 0.0647. The maximum absolute atomic E-state index is 11.7. The zero-order valence-corrected chi connectivity index (χ0v) is 10.3. The molecular weight excluding hydrogens is 230 g/mol. The highest BCUT2D eigenvalue weighted by Crippen LogP contribution is 2.32. The Morgan fingerprint density at radius 1 is 1.50 bits per heavy atom. The normalized spacial score (nSPS) is 24.5. The smallest absolute Gasteiger partial charge is 0.411 e. The molecule has 1 aliphatic heterocycles. The van der Waals surface area contributed by atoms with Crippen LogP contribution >= 0.6 is 11.8 Å². The Kier molecular flexibility index (Phi) is 4.92. The number of carbonyl (C=O) groups excluding carboxylic acids is 1. The summed E-state index contributed by atoms with van der Waals surface area (Å²) in [5, 5.41) is 8.96. The first-order chi connectivity index (χ1) is 7.61. The van der Waals surface area contributed by atoms with Crippen LogP contribution in [-0.2, 0) is 9.53 Å². The maximum Gasteiger partial charge on any atom is 0.411 e. The van der Waals surface area contributed by atoms with Gasteiger partial charge in [-0.3, -0.25) is 4.90 Å². The summed E-state index contributed by atoms with van der Waals surface area (Å²) in [5.74, 6) is -0.516. The lowest BCUT2D eigenvalue weighted by Gasteiger charge is -2.25. The van der Waals surface area contributed by atoms with Gasteiger partial charge in [0.2, 0.25) is 0 Å². The van der Waals surface area contributed by atoms with E-state index in [0.717, 1.165) is 12.8 Å². The largest absolute Gasteiger partial charge is 0.480 e. The van der Waals surface area contributed by atoms with E-state index >= 15 is 0 Å². The van der Waals surface area contributed by atoms with Crippen molar-refractivity contribution in [1.29, 1.82) is 0 Å². The van der Waals surface area contributed by atoms with Gasteiger partial charge in [-0.25, -0.2) is 9.59 Å². The molecule has 1 aliphatic rings. The Balaban J connectivity index is 2.75. The second-order valence-corrected chi connectivity index (χ2v) is 4.75. The van der Waals surface area contributed by atoms with E-state index in [-0.39, 0.29) is 12.0 Å². The molecule has 1 heterocycles. The van der Waals surface area contributed by atoms with Crippen molar-refractivity contribution in [3.63, 3.8) is 0 Å². The van der Waals surface area contributed by atoms with Crippen molar-refractivity contribution in [2.45, 2.75) is 38.1 Å².